The molecule has 3 aromatic heterocycles. The highest BCUT2D eigenvalue weighted by atomic mass is 35.5. The van der Waals surface area contributed by atoms with Crippen molar-refractivity contribution in [2.24, 2.45) is 0 Å². The third-order valence-electron chi connectivity index (χ3n) is 2.40. The molecule has 2 N–H and O–H groups in total. The summed E-state index contributed by atoms with van der Waals surface area (Å²) in [6.07, 6.45) is 1.74. The van der Waals surface area contributed by atoms with Gasteiger partial charge < -0.3 is 0 Å². The van der Waals surface area contributed by atoms with Crippen molar-refractivity contribution >= 4 is 39.8 Å². The minimum atomic E-state index is -0.111. The van der Waals surface area contributed by atoms with E-state index in [0.717, 1.165) is 5.39 Å². The van der Waals surface area contributed by atoms with E-state index >= 15 is 0 Å². The van der Waals surface area contributed by atoms with E-state index in [4.69, 9.17) is 11.6 Å². The lowest BCUT2D eigenvalue weighted by Crippen LogP contribution is -2.13. The molecular weight excluding hydrogens is 258 g/mol. The molecule has 0 fully saturated rings. The molecule has 0 saturated heterocycles. The van der Waals surface area contributed by atoms with E-state index in [-0.39, 0.29) is 11.1 Å². The Morgan fingerprint density at radius 3 is 3.12 bits per heavy atom. The van der Waals surface area contributed by atoms with Gasteiger partial charge in [-0.1, -0.05) is 11.1 Å². The first-order valence-electron chi connectivity index (χ1n) is 4.90. The average Bonchev–Trinajstić information content (AvgIpc) is 2.97. The zero-order chi connectivity index (χ0) is 11.8. The van der Waals surface area contributed by atoms with Gasteiger partial charge in [-0.25, -0.2) is 4.98 Å². The number of hydrogen-bond donors (Lipinski definition) is 1. The summed E-state index contributed by atoms with van der Waals surface area (Å²) in [7, 11) is 0. The molecule has 3 aromatic rings. The first-order valence-corrected chi connectivity index (χ1v) is 6.15. The normalized spacial score (nSPS) is 10.9. The van der Waals surface area contributed by atoms with Crippen LogP contribution < -0.4 is 4.98 Å². The van der Waals surface area contributed by atoms with Gasteiger partial charge in [-0.2, -0.15) is 0 Å². The molecule has 0 spiro atoms. The van der Waals surface area contributed by atoms with Gasteiger partial charge in [0, 0.05) is 0 Å². The Kier molecular flexibility index (Phi) is 2.42. The number of rotatable bonds is 2. The third-order valence-corrected chi connectivity index (χ3v) is 3.45. The van der Waals surface area contributed by atoms with Crippen LogP contribution in [0.15, 0.2) is 29.8 Å². The summed E-state index contributed by atoms with van der Waals surface area (Å²) in [6, 6.07) is 5.41. The van der Waals surface area contributed by atoms with E-state index < -0.39 is 0 Å². The molecule has 0 radical (unpaired) electrons. The smallest absolute Gasteiger partial charge is 0.284 e. The summed E-state index contributed by atoms with van der Waals surface area (Å²) < 4.78 is 0. The van der Waals surface area contributed by atoms with Gasteiger partial charge in [-0.15, -0.1) is 11.3 Å². The van der Waals surface area contributed by atoms with Crippen LogP contribution >= 0.6 is 22.9 Å². The van der Waals surface area contributed by atoms with Crippen LogP contribution in [-0.4, -0.2) is 15.8 Å². The third kappa shape index (κ3) is 1.73. The van der Waals surface area contributed by atoms with E-state index in [1.165, 1.54) is 11.3 Å². The van der Waals surface area contributed by atoms with Crippen LogP contribution in [0.5, 0.6) is 0 Å². The predicted molar refractivity (Wildman–Crippen MR) is 65.4 cm³/mol. The monoisotopic (exact) mass is 264 g/mol. The molecule has 3 rings (SSSR count). The maximum atomic E-state index is 12.2. The summed E-state index contributed by atoms with van der Waals surface area (Å²) in [6.45, 7) is 0. The molecule has 0 aliphatic carbocycles. The Bertz CT molecular complexity index is 690. The Morgan fingerprint density at radius 2 is 2.35 bits per heavy atom. The fourth-order valence-electron chi connectivity index (χ4n) is 1.66. The molecule has 0 amide bonds. The number of halogens is 1. The molecule has 0 aliphatic heterocycles. The number of nitrogens with zero attached hydrogens (tertiary/aromatic N) is 1. The van der Waals surface area contributed by atoms with Gasteiger partial charge >= 0.3 is 5.28 Å². The molecule has 0 atom stereocenters. The van der Waals surface area contributed by atoms with Crippen LogP contribution in [0.1, 0.15) is 15.4 Å². The number of aromatic amines is 2. The molecule has 84 valence electrons. The molecule has 3 heterocycles. The van der Waals surface area contributed by atoms with Crippen LogP contribution in [0, 0.1) is 0 Å². The molecule has 0 unspecified atom stereocenters. The van der Waals surface area contributed by atoms with E-state index in [2.05, 4.69) is 15.0 Å². The van der Waals surface area contributed by atoms with Crippen LogP contribution in [-0.2, 0) is 0 Å². The Hall–Kier alpha value is -1.72. The van der Waals surface area contributed by atoms with Crippen LogP contribution in [0.3, 0.4) is 0 Å². The number of carbonyl (C=O) groups is 1. The van der Waals surface area contributed by atoms with Crippen molar-refractivity contribution in [1.82, 2.24) is 9.97 Å². The lowest BCUT2D eigenvalue weighted by molar-refractivity contribution is -0.349. The lowest BCUT2D eigenvalue weighted by Gasteiger charge is -1.95. The van der Waals surface area contributed by atoms with Gasteiger partial charge in [0.05, 0.1) is 16.5 Å². The summed E-state index contributed by atoms with van der Waals surface area (Å²) in [5.41, 5.74) is 1.07. The van der Waals surface area contributed by atoms with Gasteiger partial charge in [-0.05, 0) is 29.1 Å². The number of carbonyl (C=O) groups excluding carboxylic acids is 1. The Labute approximate surface area is 105 Å². The molecule has 17 heavy (non-hydrogen) atoms. The van der Waals surface area contributed by atoms with Gasteiger partial charge in [0.15, 0.2) is 0 Å². The zero-order valence-electron chi connectivity index (χ0n) is 8.53. The maximum Gasteiger partial charge on any atom is 0.333 e. The average molecular weight is 265 g/mol. The van der Waals surface area contributed by atoms with E-state index in [0.29, 0.717) is 16.2 Å². The van der Waals surface area contributed by atoms with Crippen molar-refractivity contribution in [2.75, 3.05) is 0 Å². The number of ketones is 1. The summed E-state index contributed by atoms with van der Waals surface area (Å²) in [5.74, 6) is -0.111. The first-order chi connectivity index (χ1) is 8.25. The Morgan fingerprint density at radius 1 is 1.47 bits per heavy atom. The SMILES string of the molecule is O=C(c1cccs1)c1nc(Cl)[nH+]c2[nH]ccc12. The van der Waals surface area contributed by atoms with E-state index in [1.54, 1.807) is 18.3 Å². The molecule has 0 saturated carbocycles. The lowest BCUT2D eigenvalue weighted by atomic mass is 10.2. The van der Waals surface area contributed by atoms with Crippen LogP contribution in [0.25, 0.3) is 11.0 Å². The van der Waals surface area contributed by atoms with Crippen LogP contribution in [0.2, 0.25) is 5.28 Å². The van der Waals surface area contributed by atoms with Crippen LogP contribution in [0.4, 0.5) is 0 Å². The fraction of sp³-hybridized carbons (Fsp3) is 0. The summed E-state index contributed by atoms with van der Waals surface area (Å²) in [5, 5.41) is 2.80. The molecule has 6 heteroatoms. The van der Waals surface area contributed by atoms with E-state index in [1.807, 2.05) is 11.4 Å². The minimum Gasteiger partial charge on any atom is -0.284 e. The van der Waals surface area contributed by atoms with Crippen molar-refractivity contribution in [3.05, 3.63) is 45.6 Å². The predicted octanol–water partition coefficient (Wildman–Crippen LogP) is 2.32. The van der Waals surface area contributed by atoms with Crippen molar-refractivity contribution < 1.29 is 9.78 Å². The highest BCUT2D eigenvalue weighted by Gasteiger charge is 2.22. The van der Waals surface area contributed by atoms with Gasteiger partial charge in [0.25, 0.3) is 0 Å². The van der Waals surface area contributed by atoms with Gasteiger partial charge in [-0.3, -0.25) is 9.78 Å². The summed E-state index contributed by atoms with van der Waals surface area (Å²) in [4.78, 5) is 22.8. The van der Waals surface area contributed by atoms with Crippen molar-refractivity contribution in [2.45, 2.75) is 0 Å². The Balaban J connectivity index is 2.23. The maximum absolute atomic E-state index is 12.2. The second-order valence-electron chi connectivity index (χ2n) is 3.45. The molecule has 0 aliphatic rings. The molecule has 4 nitrogen and oxygen atoms in total. The minimum absolute atomic E-state index is 0.111. The van der Waals surface area contributed by atoms with Crippen molar-refractivity contribution in [1.29, 1.82) is 0 Å². The number of fused-ring (bicyclic) bond motifs is 1. The molecular formula is C11H7ClN3OS+. The number of hydrogen-bond acceptors (Lipinski definition) is 3. The first kappa shape index (κ1) is 10.4. The largest absolute Gasteiger partial charge is 0.333 e. The molecule has 0 aromatic carbocycles. The fourth-order valence-corrected chi connectivity index (χ4v) is 2.50. The number of nitrogens with one attached hydrogen (secondary N) is 2. The number of H-pyrrole nitrogens is 2. The topological polar surface area (TPSA) is 59.9 Å². The second-order valence-corrected chi connectivity index (χ2v) is 4.75. The van der Waals surface area contributed by atoms with E-state index in [9.17, 15) is 4.79 Å². The highest BCUT2D eigenvalue weighted by Crippen LogP contribution is 2.19. The standard InChI is InChI=1S/C11H6ClN3OS/c12-11-14-8(6-3-4-13-10(6)15-11)9(16)7-2-1-5-17-7/h1-5H,(H,13,14,15)/p+1. The summed E-state index contributed by atoms with van der Waals surface area (Å²) >= 11 is 7.24. The number of aromatic nitrogens is 3. The van der Waals surface area contributed by atoms with Crippen molar-refractivity contribution in [3.8, 4) is 0 Å². The van der Waals surface area contributed by atoms with Gasteiger partial charge in [0.2, 0.25) is 17.1 Å². The second kappa shape index (κ2) is 3.94. The molecule has 0 bridgehead atoms. The van der Waals surface area contributed by atoms with Gasteiger partial charge in [0.1, 0.15) is 0 Å². The zero-order valence-corrected chi connectivity index (χ0v) is 10.1. The van der Waals surface area contributed by atoms with Crippen molar-refractivity contribution in [3.63, 3.8) is 0 Å². The number of thiophene rings is 1. The highest BCUT2D eigenvalue weighted by molar-refractivity contribution is 7.12. The quantitative estimate of drug-likeness (QED) is 0.570.